The minimum atomic E-state index is 0.233. The van der Waals surface area contributed by atoms with E-state index in [1.54, 1.807) is 17.5 Å². The lowest BCUT2D eigenvalue weighted by Gasteiger charge is -2.06. The molecule has 0 amide bonds. The highest BCUT2D eigenvalue weighted by Gasteiger charge is 2.08. The molecule has 0 aromatic carbocycles. The number of aromatic nitrogens is 4. The van der Waals surface area contributed by atoms with Gasteiger partial charge in [0.2, 0.25) is 5.95 Å². The number of nitrogens with one attached hydrogen (secondary N) is 2. The van der Waals surface area contributed by atoms with Crippen molar-refractivity contribution in [3.05, 3.63) is 28.1 Å². The lowest BCUT2D eigenvalue weighted by Crippen LogP contribution is -2.04. The normalized spacial score (nSPS) is 10.9. The molecular weight excluding hydrogens is 248 g/mol. The van der Waals surface area contributed by atoms with Gasteiger partial charge in [-0.2, -0.15) is 15.1 Å². The van der Waals surface area contributed by atoms with Crippen LogP contribution in [-0.2, 0) is 6.54 Å². The van der Waals surface area contributed by atoms with Crippen molar-refractivity contribution in [3.63, 3.8) is 0 Å². The maximum absolute atomic E-state index is 5.66. The van der Waals surface area contributed by atoms with Crippen LogP contribution < -0.4 is 11.1 Å². The Balaban J connectivity index is 1.90. The molecule has 6 nitrogen and oxygen atoms in total. The molecule has 0 unspecified atom stereocenters. The Morgan fingerprint density at radius 3 is 3.11 bits per heavy atom. The van der Waals surface area contributed by atoms with Crippen molar-refractivity contribution in [2.75, 3.05) is 11.1 Å². The van der Waals surface area contributed by atoms with Crippen LogP contribution >= 0.6 is 11.3 Å². The van der Waals surface area contributed by atoms with Crippen molar-refractivity contribution in [2.45, 2.75) is 13.5 Å². The molecule has 3 rings (SSSR count). The van der Waals surface area contributed by atoms with Gasteiger partial charge < -0.3 is 11.1 Å². The zero-order valence-electron chi connectivity index (χ0n) is 9.77. The van der Waals surface area contributed by atoms with Crippen molar-refractivity contribution in [1.29, 1.82) is 0 Å². The summed E-state index contributed by atoms with van der Waals surface area (Å²) in [5.74, 6) is 0.941. The predicted octanol–water partition coefficient (Wildman–Crippen LogP) is 1.92. The number of nitrogens with two attached hydrogens (primary N) is 1. The summed E-state index contributed by atoms with van der Waals surface area (Å²) in [6, 6.07) is 2.10. The van der Waals surface area contributed by atoms with Crippen LogP contribution in [-0.4, -0.2) is 20.2 Å². The molecule has 0 aliphatic rings. The van der Waals surface area contributed by atoms with E-state index in [-0.39, 0.29) is 5.95 Å². The molecular formula is C11H12N6S. The van der Waals surface area contributed by atoms with Gasteiger partial charge in [-0.1, -0.05) is 0 Å². The van der Waals surface area contributed by atoms with Crippen molar-refractivity contribution in [2.24, 2.45) is 0 Å². The summed E-state index contributed by atoms with van der Waals surface area (Å²) in [6.07, 6.45) is 1.69. The number of aryl methyl sites for hydroxylation is 1. The topological polar surface area (TPSA) is 92.5 Å². The number of aromatic amines is 1. The van der Waals surface area contributed by atoms with Gasteiger partial charge in [-0.25, -0.2) is 0 Å². The Morgan fingerprint density at radius 2 is 2.33 bits per heavy atom. The molecule has 18 heavy (non-hydrogen) atoms. The summed E-state index contributed by atoms with van der Waals surface area (Å²) < 4.78 is 0. The molecule has 0 saturated heterocycles. The lowest BCUT2D eigenvalue weighted by atomic mass is 10.3. The molecule has 0 aliphatic heterocycles. The van der Waals surface area contributed by atoms with E-state index in [2.05, 4.69) is 43.9 Å². The Kier molecular flexibility index (Phi) is 2.60. The minimum Gasteiger partial charge on any atom is -0.368 e. The third-order valence-electron chi connectivity index (χ3n) is 2.71. The van der Waals surface area contributed by atoms with Crippen molar-refractivity contribution >= 4 is 34.1 Å². The van der Waals surface area contributed by atoms with Gasteiger partial charge in [0.25, 0.3) is 0 Å². The predicted molar refractivity (Wildman–Crippen MR) is 72.5 cm³/mol. The van der Waals surface area contributed by atoms with E-state index in [0.717, 1.165) is 11.9 Å². The second kappa shape index (κ2) is 4.26. The second-order valence-electron chi connectivity index (χ2n) is 3.94. The maximum Gasteiger partial charge on any atom is 0.224 e. The first-order valence-corrected chi connectivity index (χ1v) is 6.35. The molecule has 3 heterocycles. The van der Waals surface area contributed by atoms with Crippen molar-refractivity contribution in [3.8, 4) is 0 Å². The number of fused-ring (bicyclic) bond motifs is 1. The van der Waals surface area contributed by atoms with E-state index in [1.807, 2.05) is 0 Å². The number of rotatable bonds is 3. The zero-order chi connectivity index (χ0) is 12.5. The van der Waals surface area contributed by atoms with Gasteiger partial charge >= 0.3 is 0 Å². The van der Waals surface area contributed by atoms with E-state index in [9.17, 15) is 0 Å². The largest absolute Gasteiger partial charge is 0.368 e. The molecule has 0 spiro atoms. The third-order valence-corrected chi connectivity index (χ3v) is 3.73. The van der Waals surface area contributed by atoms with Gasteiger partial charge in [0.1, 0.15) is 5.82 Å². The Morgan fingerprint density at radius 1 is 1.44 bits per heavy atom. The van der Waals surface area contributed by atoms with Crippen molar-refractivity contribution in [1.82, 2.24) is 20.2 Å². The average molecular weight is 260 g/mol. The highest BCUT2D eigenvalue weighted by Crippen LogP contribution is 2.21. The Labute approximate surface area is 107 Å². The summed E-state index contributed by atoms with van der Waals surface area (Å²) in [5.41, 5.74) is 7.58. The van der Waals surface area contributed by atoms with Crippen LogP contribution in [0.15, 0.2) is 17.6 Å². The summed E-state index contributed by atoms with van der Waals surface area (Å²) >= 11 is 1.72. The number of hydrogen-bond donors (Lipinski definition) is 3. The summed E-state index contributed by atoms with van der Waals surface area (Å²) in [6.45, 7) is 2.82. The standard InChI is InChI=1S/C11H12N6S/c1-6-2-3-18-8(6)5-13-9-7-4-14-17-10(7)16-11(12)15-9/h2-4H,5H2,1H3,(H4,12,13,14,15,16,17). The fraction of sp³-hybridized carbons (Fsp3) is 0.182. The summed E-state index contributed by atoms with van der Waals surface area (Å²) in [4.78, 5) is 9.55. The highest BCUT2D eigenvalue weighted by atomic mass is 32.1. The SMILES string of the molecule is Cc1ccsc1CNc1nc(N)nc2[nH]ncc12. The monoisotopic (exact) mass is 260 g/mol. The maximum atomic E-state index is 5.66. The molecule has 3 aromatic rings. The van der Waals surface area contributed by atoms with Gasteiger partial charge in [0.15, 0.2) is 5.65 Å². The van der Waals surface area contributed by atoms with Gasteiger partial charge in [0.05, 0.1) is 18.1 Å². The minimum absolute atomic E-state index is 0.233. The summed E-state index contributed by atoms with van der Waals surface area (Å²) in [5, 5.41) is 12.9. The zero-order valence-corrected chi connectivity index (χ0v) is 10.6. The van der Waals surface area contributed by atoms with Gasteiger partial charge in [-0.05, 0) is 23.9 Å². The van der Waals surface area contributed by atoms with Gasteiger partial charge in [0, 0.05) is 4.88 Å². The number of H-pyrrole nitrogens is 1. The third kappa shape index (κ3) is 1.88. The first kappa shape index (κ1) is 11.0. The first-order valence-electron chi connectivity index (χ1n) is 5.47. The summed E-state index contributed by atoms with van der Waals surface area (Å²) in [7, 11) is 0. The van der Waals surface area contributed by atoms with Crippen molar-refractivity contribution < 1.29 is 0 Å². The molecule has 0 radical (unpaired) electrons. The smallest absolute Gasteiger partial charge is 0.224 e. The molecule has 3 aromatic heterocycles. The van der Waals surface area contributed by atoms with Crippen LogP contribution in [0.5, 0.6) is 0 Å². The van der Waals surface area contributed by atoms with Gasteiger partial charge in [-0.3, -0.25) is 5.10 Å². The number of hydrogen-bond acceptors (Lipinski definition) is 6. The van der Waals surface area contributed by atoms with Crippen LogP contribution in [0.25, 0.3) is 11.0 Å². The number of thiophene rings is 1. The molecule has 0 saturated carbocycles. The van der Waals surface area contributed by atoms with E-state index in [1.165, 1.54) is 10.4 Å². The second-order valence-corrected chi connectivity index (χ2v) is 4.94. The van der Waals surface area contributed by atoms with E-state index >= 15 is 0 Å². The van der Waals surface area contributed by atoms with Gasteiger partial charge in [-0.15, -0.1) is 11.3 Å². The van der Waals surface area contributed by atoms with E-state index < -0.39 is 0 Å². The number of anilines is 2. The fourth-order valence-corrected chi connectivity index (χ4v) is 2.58. The molecule has 0 bridgehead atoms. The Bertz CT molecular complexity index is 686. The molecule has 0 atom stereocenters. The molecule has 7 heteroatoms. The molecule has 92 valence electrons. The van der Waals surface area contributed by atoms with Crippen LogP contribution in [0.3, 0.4) is 0 Å². The molecule has 4 N–H and O–H groups in total. The molecule has 0 fully saturated rings. The van der Waals surface area contributed by atoms with E-state index in [0.29, 0.717) is 11.5 Å². The quantitative estimate of drug-likeness (QED) is 0.669. The van der Waals surface area contributed by atoms with Crippen LogP contribution in [0.2, 0.25) is 0 Å². The molecule has 0 aliphatic carbocycles. The van der Waals surface area contributed by atoms with E-state index in [4.69, 9.17) is 5.73 Å². The number of nitrogen functional groups attached to an aromatic ring is 1. The van der Waals surface area contributed by atoms with Crippen LogP contribution in [0.4, 0.5) is 11.8 Å². The van der Waals surface area contributed by atoms with Crippen LogP contribution in [0, 0.1) is 6.92 Å². The average Bonchev–Trinajstić information content (AvgIpc) is 2.94. The lowest BCUT2D eigenvalue weighted by molar-refractivity contribution is 1.09. The Hall–Kier alpha value is -2.15. The first-order chi connectivity index (χ1) is 8.74. The fourth-order valence-electron chi connectivity index (χ4n) is 1.74. The van der Waals surface area contributed by atoms with Crippen LogP contribution in [0.1, 0.15) is 10.4 Å². The highest BCUT2D eigenvalue weighted by molar-refractivity contribution is 7.10. The number of nitrogens with zero attached hydrogens (tertiary/aromatic N) is 3.